The number of nitrogens with zero attached hydrogens (tertiary/aromatic N) is 2. The average Bonchev–Trinajstić information content (AvgIpc) is 3.01. The van der Waals surface area contributed by atoms with Gasteiger partial charge in [-0.25, -0.2) is 4.79 Å². The lowest BCUT2D eigenvalue weighted by molar-refractivity contribution is 0.160. The highest BCUT2D eigenvalue weighted by Crippen LogP contribution is 2.26. The average molecular weight is 327 g/mol. The molecule has 0 bridgehead atoms. The number of carbonyl (C=O) groups excluding carboxylic acids is 1. The van der Waals surface area contributed by atoms with Gasteiger partial charge in [0.25, 0.3) is 0 Å². The van der Waals surface area contributed by atoms with Crippen molar-refractivity contribution < 1.29 is 4.79 Å². The Morgan fingerprint density at radius 3 is 2.96 bits per heavy atom. The molecule has 0 saturated heterocycles. The number of carbonyl (C=O) groups is 1. The van der Waals surface area contributed by atoms with Gasteiger partial charge in [-0.15, -0.1) is 0 Å². The second kappa shape index (κ2) is 7.73. The normalized spacial score (nSPS) is 20.9. The van der Waals surface area contributed by atoms with Crippen LogP contribution >= 0.6 is 0 Å². The number of fused-ring (bicyclic) bond motifs is 1. The summed E-state index contributed by atoms with van der Waals surface area (Å²) in [5, 5.41) is 4.35. The Morgan fingerprint density at radius 1 is 1.29 bits per heavy atom. The number of urea groups is 1. The topological polar surface area (TPSA) is 37.3 Å². The summed E-state index contributed by atoms with van der Waals surface area (Å²) in [5.41, 5.74) is 1.26. The van der Waals surface area contributed by atoms with Crippen LogP contribution in [0.4, 0.5) is 4.79 Å². The van der Waals surface area contributed by atoms with Crippen LogP contribution in [0.5, 0.6) is 0 Å². The van der Waals surface area contributed by atoms with Crippen molar-refractivity contribution in [3.63, 3.8) is 0 Å². The van der Waals surface area contributed by atoms with Crippen molar-refractivity contribution in [2.45, 2.75) is 51.6 Å². The Labute approximate surface area is 144 Å². The minimum atomic E-state index is 0.0754. The zero-order chi connectivity index (χ0) is 16.9. The first kappa shape index (κ1) is 16.9. The molecule has 1 heterocycles. The van der Waals surface area contributed by atoms with Crippen LogP contribution in [0, 0.1) is 5.92 Å². The van der Waals surface area contributed by atoms with Crippen LogP contribution in [0.1, 0.15) is 39.0 Å². The molecule has 2 atom stereocenters. The molecule has 4 heteroatoms. The standard InChI is InChI=1S/C20H29N3O/c1-16-7-5-9-18(15-16)22(2)20(24)21-12-6-13-23-14-11-17-8-3-4-10-19(17)23/h3-4,8,10-11,14,16,18H,5-7,9,12-13,15H2,1-2H3,(H,21,24). The van der Waals surface area contributed by atoms with E-state index in [0.29, 0.717) is 6.04 Å². The number of aryl methyl sites for hydroxylation is 1. The van der Waals surface area contributed by atoms with Crippen LogP contribution < -0.4 is 5.32 Å². The highest BCUT2D eigenvalue weighted by atomic mass is 16.2. The maximum absolute atomic E-state index is 12.3. The van der Waals surface area contributed by atoms with Crippen LogP contribution in [0.2, 0.25) is 0 Å². The maximum Gasteiger partial charge on any atom is 0.317 e. The summed E-state index contributed by atoms with van der Waals surface area (Å²) in [6.07, 6.45) is 7.89. The maximum atomic E-state index is 12.3. The van der Waals surface area contributed by atoms with Crippen LogP contribution in [-0.4, -0.2) is 35.1 Å². The Morgan fingerprint density at radius 2 is 2.12 bits per heavy atom. The number of benzene rings is 1. The van der Waals surface area contributed by atoms with Crippen molar-refractivity contribution in [2.75, 3.05) is 13.6 Å². The molecule has 0 spiro atoms. The fourth-order valence-corrected chi connectivity index (χ4v) is 3.82. The van der Waals surface area contributed by atoms with Crippen molar-refractivity contribution in [3.8, 4) is 0 Å². The molecule has 0 radical (unpaired) electrons. The van der Waals surface area contributed by atoms with Gasteiger partial charge in [-0.3, -0.25) is 0 Å². The molecular formula is C20H29N3O. The van der Waals surface area contributed by atoms with Gasteiger partial charge in [0.1, 0.15) is 0 Å². The van der Waals surface area contributed by atoms with Gasteiger partial charge in [0.2, 0.25) is 0 Å². The first-order chi connectivity index (χ1) is 11.6. The fraction of sp³-hybridized carbons (Fsp3) is 0.550. The van der Waals surface area contributed by atoms with Crippen LogP contribution in [0.15, 0.2) is 36.5 Å². The summed E-state index contributed by atoms with van der Waals surface area (Å²) in [7, 11) is 1.94. The van der Waals surface area contributed by atoms with Crippen LogP contribution in [-0.2, 0) is 6.54 Å². The first-order valence-electron chi connectivity index (χ1n) is 9.19. The Hall–Kier alpha value is -1.97. The second-order valence-corrected chi connectivity index (χ2v) is 7.19. The van der Waals surface area contributed by atoms with Crippen molar-refractivity contribution in [1.29, 1.82) is 0 Å². The third kappa shape index (κ3) is 3.92. The lowest BCUT2D eigenvalue weighted by Gasteiger charge is -2.34. The highest BCUT2D eigenvalue weighted by Gasteiger charge is 2.25. The van der Waals surface area contributed by atoms with E-state index in [0.717, 1.165) is 38.3 Å². The zero-order valence-corrected chi connectivity index (χ0v) is 14.9. The van der Waals surface area contributed by atoms with Crippen molar-refractivity contribution >= 4 is 16.9 Å². The van der Waals surface area contributed by atoms with Crippen molar-refractivity contribution in [1.82, 2.24) is 14.8 Å². The van der Waals surface area contributed by atoms with E-state index < -0.39 is 0 Å². The van der Waals surface area contributed by atoms with Crippen LogP contribution in [0.25, 0.3) is 10.9 Å². The molecule has 4 nitrogen and oxygen atoms in total. The predicted octanol–water partition coefficient (Wildman–Crippen LogP) is 4.25. The van der Waals surface area contributed by atoms with E-state index >= 15 is 0 Å². The smallest absolute Gasteiger partial charge is 0.317 e. The summed E-state index contributed by atoms with van der Waals surface area (Å²) in [4.78, 5) is 14.2. The number of aromatic nitrogens is 1. The van der Waals surface area contributed by atoms with Gasteiger partial charge in [-0.05, 0) is 42.7 Å². The third-order valence-electron chi connectivity index (χ3n) is 5.31. The number of hydrogen-bond acceptors (Lipinski definition) is 1. The quantitative estimate of drug-likeness (QED) is 0.819. The molecule has 2 unspecified atom stereocenters. The molecule has 0 aliphatic heterocycles. The molecule has 1 aliphatic carbocycles. The van der Waals surface area contributed by atoms with Crippen molar-refractivity contribution in [2.24, 2.45) is 5.92 Å². The van der Waals surface area contributed by atoms with E-state index in [1.54, 1.807) is 0 Å². The monoisotopic (exact) mass is 327 g/mol. The summed E-state index contributed by atoms with van der Waals surface area (Å²) in [6.45, 7) is 3.94. The Kier molecular flexibility index (Phi) is 5.44. The van der Waals surface area contributed by atoms with Gasteiger partial charge >= 0.3 is 6.03 Å². The predicted molar refractivity (Wildman–Crippen MR) is 99.1 cm³/mol. The van der Waals surface area contributed by atoms with E-state index in [2.05, 4.69) is 53.3 Å². The fourth-order valence-electron chi connectivity index (χ4n) is 3.82. The minimum absolute atomic E-state index is 0.0754. The molecule has 2 aromatic rings. The lowest BCUT2D eigenvalue weighted by Crippen LogP contribution is -2.45. The van der Waals surface area contributed by atoms with E-state index in [1.807, 2.05) is 11.9 Å². The molecule has 24 heavy (non-hydrogen) atoms. The molecule has 130 valence electrons. The summed E-state index contributed by atoms with van der Waals surface area (Å²) in [6, 6.07) is 11.0. The SMILES string of the molecule is CC1CCCC(N(C)C(=O)NCCCn2ccc3ccccc32)C1. The number of amides is 2. The van der Waals surface area contributed by atoms with Gasteiger partial charge in [0.15, 0.2) is 0 Å². The number of rotatable bonds is 5. The molecule has 1 aromatic heterocycles. The van der Waals surface area contributed by atoms with Crippen molar-refractivity contribution in [3.05, 3.63) is 36.5 Å². The van der Waals surface area contributed by atoms with E-state index in [-0.39, 0.29) is 6.03 Å². The first-order valence-corrected chi connectivity index (χ1v) is 9.19. The zero-order valence-electron chi connectivity index (χ0n) is 14.9. The van der Waals surface area contributed by atoms with E-state index in [9.17, 15) is 4.79 Å². The number of nitrogens with one attached hydrogen (secondary N) is 1. The Bertz CT molecular complexity index is 678. The van der Waals surface area contributed by atoms with Gasteiger partial charge in [0.05, 0.1) is 0 Å². The van der Waals surface area contributed by atoms with Gasteiger partial charge in [-0.1, -0.05) is 38.0 Å². The molecule has 1 fully saturated rings. The van der Waals surface area contributed by atoms with Gasteiger partial charge in [-0.2, -0.15) is 0 Å². The third-order valence-corrected chi connectivity index (χ3v) is 5.31. The van der Waals surface area contributed by atoms with Gasteiger partial charge < -0.3 is 14.8 Å². The number of para-hydroxylation sites is 1. The summed E-state index contributed by atoms with van der Waals surface area (Å²) in [5.74, 6) is 0.737. The molecule has 1 aromatic carbocycles. The number of hydrogen-bond donors (Lipinski definition) is 1. The second-order valence-electron chi connectivity index (χ2n) is 7.19. The molecule has 1 saturated carbocycles. The lowest BCUT2D eigenvalue weighted by atomic mass is 9.86. The molecule has 2 amide bonds. The highest BCUT2D eigenvalue weighted by molar-refractivity contribution is 5.79. The molecule has 1 aliphatic rings. The largest absolute Gasteiger partial charge is 0.347 e. The minimum Gasteiger partial charge on any atom is -0.347 e. The Balaban J connectivity index is 1.43. The molecular weight excluding hydrogens is 298 g/mol. The van der Waals surface area contributed by atoms with E-state index in [1.165, 1.54) is 23.7 Å². The van der Waals surface area contributed by atoms with Crippen LogP contribution in [0.3, 0.4) is 0 Å². The van der Waals surface area contributed by atoms with Gasteiger partial charge in [0, 0.05) is 37.9 Å². The summed E-state index contributed by atoms with van der Waals surface area (Å²) >= 11 is 0. The molecule has 1 N–H and O–H groups in total. The summed E-state index contributed by atoms with van der Waals surface area (Å²) < 4.78 is 2.26. The van der Waals surface area contributed by atoms with E-state index in [4.69, 9.17) is 0 Å². The molecule has 3 rings (SSSR count).